The van der Waals surface area contributed by atoms with Crippen molar-refractivity contribution in [1.29, 1.82) is 0 Å². The van der Waals surface area contributed by atoms with Crippen molar-refractivity contribution in [1.82, 2.24) is 14.9 Å². The second-order valence-electron chi connectivity index (χ2n) is 7.01. The van der Waals surface area contributed by atoms with Crippen molar-refractivity contribution in [2.75, 3.05) is 24.0 Å². The van der Waals surface area contributed by atoms with E-state index >= 15 is 0 Å². The van der Waals surface area contributed by atoms with Crippen LogP contribution < -0.4 is 20.6 Å². The molecular weight excluding hydrogens is 438 g/mol. The lowest BCUT2D eigenvalue weighted by Crippen LogP contribution is -2.16. The molecule has 1 aromatic heterocycles. The number of anilines is 1. The van der Waals surface area contributed by atoms with E-state index in [4.69, 9.17) is 15.3 Å². The Hall–Kier alpha value is -3.98. The minimum Gasteiger partial charge on any atom is -0.496 e. The topological polar surface area (TPSA) is 104 Å². The monoisotopic (exact) mass is 461 g/mol. The smallest absolute Gasteiger partial charge is 0.234 e. The molecule has 0 aliphatic heterocycles. The van der Waals surface area contributed by atoms with Gasteiger partial charge in [0, 0.05) is 5.69 Å². The van der Waals surface area contributed by atoms with Gasteiger partial charge in [-0.3, -0.25) is 4.79 Å². The number of hydrogen-bond acceptors (Lipinski definition) is 7. The first kappa shape index (κ1) is 22.2. The molecule has 4 aromatic rings. The van der Waals surface area contributed by atoms with Gasteiger partial charge in [-0.1, -0.05) is 54.2 Å². The molecule has 0 unspecified atom stereocenters. The Balaban J connectivity index is 1.30. The van der Waals surface area contributed by atoms with Crippen LogP contribution in [0.25, 0.3) is 11.4 Å². The fourth-order valence-electron chi connectivity index (χ4n) is 3.09. The van der Waals surface area contributed by atoms with Crippen LogP contribution in [0.4, 0.5) is 5.69 Å². The van der Waals surface area contributed by atoms with Crippen LogP contribution in [0, 0.1) is 0 Å². The number of carbonyl (C=O) groups is 1. The number of rotatable bonds is 9. The molecule has 3 N–H and O–H groups in total. The van der Waals surface area contributed by atoms with Crippen LogP contribution in [-0.4, -0.2) is 33.6 Å². The lowest BCUT2D eigenvalue weighted by atomic mass is 10.2. The molecule has 0 saturated heterocycles. The molecule has 1 amide bonds. The van der Waals surface area contributed by atoms with Crippen LogP contribution >= 0.6 is 11.8 Å². The Morgan fingerprint density at radius 3 is 2.48 bits per heavy atom. The van der Waals surface area contributed by atoms with Gasteiger partial charge in [-0.25, -0.2) is 4.68 Å². The number of carbonyl (C=O) groups excluding carboxylic acids is 1. The summed E-state index contributed by atoms with van der Waals surface area (Å²) >= 11 is 1.20. The van der Waals surface area contributed by atoms with Gasteiger partial charge >= 0.3 is 0 Å². The largest absolute Gasteiger partial charge is 0.496 e. The zero-order valence-electron chi connectivity index (χ0n) is 18.0. The van der Waals surface area contributed by atoms with Gasteiger partial charge in [-0.15, -0.1) is 10.2 Å². The van der Waals surface area contributed by atoms with Gasteiger partial charge in [0.05, 0.1) is 18.4 Å². The second-order valence-corrected chi connectivity index (χ2v) is 7.95. The van der Waals surface area contributed by atoms with Crippen LogP contribution in [0.15, 0.2) is 84.0 Å². The van der Waals surface area contributed by atoms with Crippen molar-refractivity contribution in [3.05, 3.63) is 84.4 Å². The van der Waals surface area contributed by atoms with Gasteiger partial charge < -0.3 is 20.6 Å². The predicted molar refractivity (Wildman–Crippen MR) is 129 cm³/mol. The van der Waals surface area contributed by atoms with E-state index in [1.165, 1.54) is 16.4 Å². The van der Waals surface area contributed by atoms with Crippen LogP contribution in [0.2, 0.25) is 0 Å². The molecule has 0 radical (unpaired) electrons. The van der Waals surface area contributed by atoms with Crippen molar-refractivity contribution >= 4 is 23.4 Å². The maximum atomic E-state index is 12.4. The lowest BCUT2D eigenvalue weighted by molar-refractivity contribution is -0.113. The maximum Gasteiger partial charge on any atom is 0.234 e. The molecule has 0 aliphatic carbocycles. The number of methoxy groups -OCH3 is 1. The highest BCUT2D eigenvalue weighted by atomic mass is 32.2. The van der Waals surface area contributed by atoms with E-state index in [1.807, 2.05) is 66.7 Å². The van der Waals surface area contributed by atoms with E-state index in [-0.39, 0.29) is 11.7 Å². The minimum absolute atomic E-state index is 0.132. The van der Waals surface area contributed by atoms with E-state index in [2.05, 4.69) is 15.5 Å². The van der Waals surface area contributed by atoms with Crippen molar-refractivity contribution in [2.45, 2.75) is 11.8 Å². The summed E-state index contributed by atoms with van der Waals surface area (Å²) in [4.78, 5) is 12.4. The normalized spacial score (nSPS) is 10.6. The Labute approximate surface area is 195 Å². The molecule has 0 fully saturated rings. The number of ether oxygens (including phenoxy) is 2. The Bertz CT molecular complexity index is 1210. The summed E-state index contributed by atoms with van der Waals surface area (Å²) in [5.74, 6) is 7.93. The Kier molecular flexibility index (Phi) is 7.11. The summed E-state index contributed by atoms with van der Waals surface area (Å²) in [5, 5.41) is 11.5. The zero-order chi connectivity index (χ0) is 23.0. The number of aromatic nitrogens is 3. The average Bonchev–Trinajstić information content (AvgIpc) is 3.23. The second kappa shape index (κ2) is 10.6. The molecule has 0 atom stereocenters. The summed E-state index contributed by atoms with van der Waals surface area (Å²) in [6.07, 6.45) is 0. The van der Waals surface area contributed by atoms with Gasteiger partial charge in [0.25, 0.3) is 0 Å². The number of thioether (sulfide) groups is 1. The molecule has 1 heterocycles. The molecule has 0 saturated carbocycles. The molecular formula is C24H23N5O3S. The summed E-state index contributed by atoms with van der Waals surface area (Å²) < 4.78 is 12.5. The quantitative estimate of drug-likeness (QED) is 0.287. The third-order valence-electron chi connectivity index (χ3n) is 4.73. The predicted octanol–water partition coefficient (Wildman–Crippen LogP) is 3.98. The molecule has 4 rings (SSSR count). The third kappa shape index (κ3) is 5.64. The van der Waals surface area contributed by atoms with Crippen molar-refractivity contribution in [2.24, 2.45) is 0 Å². The summed E-state index contributed by atoms with van der Waals surface area (Å²) in [6, 6.07) is 24.6. The first-order valence-electron chi connectivity index (χ1n) is 10.2. The Morgan fingerprint density at radius 1 is 1.00 bits per heavy atom. The van der Waals surface area contributed by atoms with Crippen LogP contribution in [0.5, 0.6) is 11.5 Å². The highest BCUT2D eigenvalue weighted by Crippen LogP contribution is 2.29. The molecule has 0 bridgehead atoms. The van der Waals surface area contributed by atoms with Crippen LogP contribution in [0.1, 0.15) is 5.56 Å². The van der Waals surface area contributed by atoms with E-state index in [0.717, 1.165) is 16.9 Å². The molecule has 8 nitrogen and oxygen atoms in total. The summed E-state index contributed by atoms with van der Waals surface area (Å²) in [5.41, 5.74) is 2.49. The highest BCUT2D eigenvalue weighted by molar-refractivity contribution is 7.99. The van der Waals surface area contributed by atoms with E-state index in [0.29, 0.717) is 29.0 Å². The number of amides is 1. The maximum absolute atomic E-state index is 12.4. The van der Waals surface area contributed by atoms with Crippen molar-refractivity contribution in [3.8, 4) is 22.9 Å². The molecule has 9 heteroatoms. The highest BCUT2D eigenvalue weighted by Gasteiger charge is 2.16. The molecule has 0 spiro atoms. The van der Waals surface area contributed by atoms with Gasteiger partial charge in [0.2, 0.25) is 11.1 Å². The van der Waals surface area contributed by atoms with Crippen molar-refractivity contribution in [3.63, 3.8) is 0 Å². The lowest BCUT2D eigenvalue weighted by Gasteiger charge is -2.09. The molecule has 3 aromatic carbocycles. The first-order chi connectivity index (χ1) is 16.1. The Morgan fingerprint density at radius 2 is 1.73 bits per heavy atom. The molecule has 33 heavy (non-hydrogen) atoms. The standard InChI is InChI=1S/C24H23N5O3S/c1-31-21-10-6-5-9-20(21)23-27-28-24(29(23)25)33-16-22(30)26-18-11-13-19(14-12-18)32-15-17-7-3-2-4-8-17/h2-14H,15-16,25H2,1H3,(H,26,30). The van der Waals surface area contributed by atoms with Gasteiger partial charge in [-0.05, 0) is 42.0 Å². The van der Waals surface area contributed by atoms with Gasteiger partial charge in [0.1, 0.15) is 18.1 Å². The average molecular weight is 462 g/mol. The van der Waals surface area contributed by atoms with Crippen LogP contribution in [0.3, 0.4) is 0 Å². The zero-order valence-corrected chi connectivity index (χ0v) is 18.8. The fraction of sp³-hybridized carbons (Fsp3) is 0.125. The summed E-state index contributed by atoms with van der Waals surface area (Å²) in [6.45, 7) is 0.486. The van der Waals surface area contributed by atoms with E-state index in [1.54, 1.807) is 19.2 Å². The minimum atomic E-state index is -0.181. The number of nitrogen functional groups attached to an aromatic ring is 1. The van der Waals surface area contributed by atoms with Gasteiger partial charge in [-0.2, -0.15) is 0 Å². The van der Waals surface area contributed by atoms with Gasteiger partial charge in [0.15, 0.2) is 5.82 Å². The summed E-state index contributed by atoms with van der Waals surface area (Å²) in [7, 11) is 1.58. The molecule has 168 valence electrons. The molecule has 0 aliphatic rings. The fourth-order valence-corrected chi connectivity index (χ4v) is 3.75. The van der Waals surface area contributed by atoms with E-state index in [9.17, 15) is 4.79 Å². The number of nitrogens with one attached hydrogen (secondary N) is 1. The number of benzene rings is 3. The third-order valence-corrected chi connectivity index (χ3v) is 5.67. The number of nitrogens with two attached hydrogens (primary N) is 1. The SMILES string of the molecule is COc1ccccc1-c1nnc(SCC(=O)Nc2ccc(OCc3ccccc3)cc2)n1N. The number of nitrogens with zero attached hydrogens (tertiary/aromatic N) is 3. The first-order valence-corrected chi connectivity index (χ1v) is 11.2. The van der Waals surface area contributed by atoms with Crippen LogP contribution in [-0.2, 0) is 11.4 Å². The number of para-hydroxylation sites is 1. The van der Waals surface area contributed by atoms with Crippen molar-refractivity contribution < 1.29 is 14.3 Å². The van der Waals surface area contributed by atoms with E-state index < -0.39 is 0 Å². The number of hydrogen-bond donors (Lipinski definition) is 2.